The Labute approximate surface area is 67.7 Å². The molecule has 0 aromatic rings. The zero-order chi connectivity index (χ0) is 8.48. The van der Waals surface area contributed by atoms with E-state index >= 15 is 0 Å². The minimum Gasteiger partial charge on any atom is -0.411 e. The Hall–Kier alpha value is -0.570. The van der Waals surface area contributed by atoms with Crippen molar-refractivity contribution in [3.05, 3.63) is 0 Å². The molecular weight excluding hydrogens is 140 g/mol. The highest BCUT2D eigenvalue weighted by molar-refractivity contribution is 5.82. The molecular formula is C8H16N2O. The van der Waals surface area contributed by atoms with Gasteiger partial charge in [-0.25, -0.2) is 0 Å². The maximum Gasteiger partial charge on any atom is 0.0558 e. The molecule has 1 fully saturated rings. The zero-order valence-corrected chi connectivity index (χ0v) is 7.46. The minimum atomic E-state index is 0.177. The molecule has 0 atom stereocenters. The molecule has 1 N–H and O–H groups in total. The van der Waals surface area contributed by atoms with Gasteiger partial charge in [0, 0.05) is 25.0 Å². The lowest BCUT2D eigenvalue weighted by Crippen LogP contribution is -2.32. The van der Waals surface area contributed by atoms with Crippen LogP contribution in [0, 0.1) is 0 Å². The SMILES string of the molecule is C/C(CC(C)(C)N1CC1)=N\O. The van der Waals surface area contributed by atoms with E-state index < -0.39 is 0 Å². The molecule has 0 radical (unpaired) electrons. The predicted molar refractivity (Wildman–Crippen MR) is 45.2 cm³/mol. The van der Waals surface area contributed by atoms with Gasteiger partial charge in [-0.1, -0.05) is 5.16 Å². The Bertz CT molecular complexity index is 171. The summed E-state index contributed by atoms with van der Waals surface area (Å²) < 4.78 is 0. The summed E-state index contributed by atoms with van der Waals surface area (Å²) in [5, 5.41) is 11.6. The van der Waals surface area contributed by atoms with Crippen LogP contribution in [-0.4, -0.2) is 34.4 Å². The third kappa shape index (κ3) is 2.19. The fraction of sp³-hybridized carbons (Fsp3) is 0.875. The van der Waals surface area contributed by atoms with Crippen molar-refractivity contribution in [1.82, 2.24) is 4.90 Å². The topological polar surface area (TPSA) is 35.6 Å². The Balaban J connectivity index is 2.45. The van der Waals surface area contributed by atoms with Gasteiger partial charge < -0.3 is 5.21 Å². The van der Waals surface area contributed by atoms with Gasteiger partial charge in [-0.15, -0.1) is 0 Å². The normalized spacial score (nSPS) is 20.5. The van der Waals surface area contributed by atoms with Gasteiger partial charge in [-0.2, -0.15) is 0 Å². The van der Waals surface area contributed by atoms with E-state index in [2.05, 4.69) is 23.9 Å². The number of oxime groups is 1. The van der Waals surface area contributed by atoms with Crippen LogP contribution in [0.15, 0.2) is 5.16 Å². The van der Waals surface area contributed by atoms with E-state index in [-0.39, 0.29) is 5.54 Å². The van der Waals surface area contributed by atoms with Crippen LogP contribution in [0.3, 0.4) is 0 Å². The predicted octanol–water partition coefficient (Wildman–Crippen LogP) is 1.32. The Morgan fingerprint density at radius 1 is 1.55 bits per heavy atom. The van der Waals surface area contributed by atoms with Crippen LogP contribution < -0.4 is 0 Å². The molecule has 11 heavy (non-hydrogen) atoms. The first-order valence-corrected chi connectivity index (χ1v) is 3.99. The van der Waals surface area contributed by atoms with E-state index in [1.165, 1.54) is 13.1 Å². The number of hydrogen-bond donors (Lipinski definition) is 1. The van der Waals surface area contributed by atoms with E-state index in [4.69, 9.17) is 5.21 Å². The monoisotopic (exact) mass is 156 g/mol. The van der Waals surface area contributed by atoms with Gasteiger partial charge in [0.1, 0.15) is 0 Å². The molecule has 1 saturated heterocycles. The summed E-state index contributed by atoms with van der Waals surface area (Å²) in [5.41, 5.74) is 0.984. The number of nitrogens with zero attached hydrogens (tertiary/aromatic N) is 2. The molecule has 1 aliphatic heterocycles. The highest BCUT2D eigenvalue weighted by Crippen LogP contribution is 2.25. The van der Waals surface area contributed by atoms with Crippen LogP contribution in [0.25, 0.3) is 0 Å². The van der Waals surface area contributed by atoms with E-state index in [1.54, 1.807) is 0 Å². The van der Waals surface area contributed by atoms with Crippen LogP contribution in [0.4, 0.5) is 0 Å². The third-order valence-corrected chi connectivity index (χ3v) is 2.16. The van der Waals surface area contributed by atoms with Crippen molar-refractivity contribution in [2.45, 2.75) is 32.7 Å². The van der Waals surface area contributed by atoms with Gasteiger partial charge in [0.25, 0.3) is 0 Å². The Morgan fingerprint density at radius 2 is 2.09 bits per heavy atom. The Kier molecular flexibility index (Phi) is 2.18. The molecule has 1 aliphatic rings. The van der Waals surface area contributed by atoms with Gasteiger partial charge >= 0.3 is 0 Å². The lowest BCUT2D eigenvalue weighted by atomic mass is 9.98. The molecule has 0 unspecified atom stereocenters. The molecule has 64 valence electrons. The second kappa shape index (κ2) is 2.81. The summed E-state index contributed by atoms with van der Waals surface area (Å²) in [6.45, 7) is 8.58. The summed E-state index contributed by atoms with van der Waals surface area (Å²) in [6.07, 6.45) is 0.851. The van der Waals surface area contributed by atoms with E-state index in [9.17, 15) is 0 Å². The van der Waals surface area contributed by atoms with Crippen molar-refractivity contribution in [3.63, 3.8) is 0 Å². The first kappa shape index (κ1) is 8.53. The zero-order valence-electron chi connectivity index (χ0n) is 7.46. The average molecular weight is 156 g/mol. The molecule has 0 aliphatic carbocycles. The van der Waals surface area contributed by atoms with Crippen LogP contribution >= 0.6 is 0 Å². The highest BCUT2D eigenvalue weighted by atomic mass is 16.4. The van der Waals surface area contributed by atoms with Crippen molar-refractivity contribution < 1.29 is 5.21 Å². The summed E-state index contributed by atoms with van der Waals surface area (Å²) in [6, 6.07) is 0. The molecule has 1 heterocycles. The molecule has 3 nitrogen and oxygen atoms in total. The van der Waals surface area contributed by atoms with Crippen molar-refractivity contribution in [2.24, 2.45) is 5.16 Å². The third-order valence-electron chi connectivity index (χ3n) is 2.16. The fourth-order valence-electron chi connectivity index (χ4n) is 1.43. The van der Waals surface area contributed by atoms with Gasteiger partial charge in [0.15, 0.2) is 0 Å². The lowest BCUT2D eigenvalue weighted by Gasteiger charge is -2.25. The number of rotatable bonds is 3. The van der Waals surface area contributed by atoms with E-state index in [1.807, 2.05) is 6.92 Å². The number of hydrogen-bond acceptors (Lipinski definition) is 3. The summed E-state index contributed by atoms with van der Waals surface area (Å²) in [5.74, 6) is 0. The molecule has 0 bridgehead atoms. The standard InChI is InChI=1S/C8H16N2O/c1-7(9-11)6-8(2,3)10-4-5-10/h11H,4-6H2,1-3H3/b9-7+. The molecule has 0 amide bonds. The smallest absolute Gasteiger partial charge is 0.0558 e. The van der Waals surface area contributed by atoms with Crippen LogP contribution in [0.2, 0.25) is 0 Å². The van der Waals surface area contributed by atoms with Crippen molar-refractivity contribution >= 4 is 5.71 Å². The maximum atomic E-state index is 8.47. The van der Waals surface area contributed by atoms with Crippen LogP contribution in [-0.2, 0) is 0 Å². The van der Waals surface area contributed by atoms with E-state index in [0.717, 1.165) is 12.1 Å². The summed E-state index contributed by atoms with van der Waals surface area (Å²) in [4.78, 5) is 2.36. The molecule has 3 heteroatoms. The van der Waals surface area contributed by atoms with Crippen molar-refractivity contribution in [3.8, 4) is 0 Å². The van der Waals surface area contributed by atoms with Gasteiger partial charge in [-0.3, -0.25) is 4.90 Å². The molecule has 1 rings (SSSR count). The summed E-state index contributed by atoms with van der Waals surface area (Å²) >= 11 is 0. The van der Waals surface area contributed by atoms with Gasteiger partial charge in [0.2, 0.25) is 0 Å². The van der Waals surface area contributed by atoms with Gasteiger partial charge in [0.05, 0.1) is 5.71 Å². The maximum absolute atomic E-state index is 8.47. The highest BCUT2D eigenvalue weighted by Gasteiger charge is 2.34. The first-order chi connectivity index (χ1) is 5.06. The molecule has 0 aromatic carbocycles. The van der Waals surface area contributed by atoms with E-state index in [0.29, 0.717) is 0 Å². The first-order valence-electron chi connectivity index (χ1n) is 3.99. The average Bonchev–Trinajstić information content (AvgIpc) is 2.66. The molecule has 0 spiro atoms. The van der Waals surface area contributed by atoms with Crippen LogP contribution in [0.5, 0.6) is 0 Å². The quantitative estimate of drug-likeness (QED) is 0.289. The van der Waals surface area contributed by atoms with Gasteiger partial charge in [-0.05, 0) is 20.8 Å². The lowest BCUT2D eigenvalue weighted by molar-refractivity contribution is 0.279. The molecule has 0 saturated carbocycles. The van der Waals surface area contributed by atoms with Crippen molar-refractivity contribution in [1.29, 1.82) is 0 Å². The fourth-order valence-corrected chi connectivity index (χ4v) is 1.43. The van der Waals surface area contributed by atoms with Crippen molar-refractivity contribution in [2.75, 3.05) is 13.1 Å². The Morgan fingerprint density at radius 3 is 2.45 bits per heavy atom. The minimum absolute atomic E-state index is 0.177. The second-order valence-corrected chi connectivity index (χ2v) is 3.81. The summed E-state index contributed by atoms with van der Waals surface area (Å²) in [7, 11) is 0. The second-order valence-electron chi connectivity index (χ2n) is 3.81. The largest absolute Gasteiger partial charge is 0.411 e. The van der Waals surface area contributed by atoms with Crippen LogP contribution in [0.1, 0.15) is 27.2 Å². The molecule has 0 aromatic heterocycles.